The number of nitrogens with one attached hydrogen (secondary N) is 1. The van der Waals surface area contributed by atoms with E-state index in [1.165, 1.54) is 23.4 Å². The summed E-state index contributed by atoms with van der Waals surface area (Å²) in [6.45, 7) is 8.97. The van der Waals surface area contributed by atoms with Crippen LogP contribution in [0.5, 0.6) is 0 Å². The predicted octanol–water partition coefficient (Wildman–Crippen LogP) is 4.76. The van der Waals surface area contributed by atoms with Crippen LogP contribution in [0, 0.1) is 5.82 Å². The van der Waals surface area contributed by atoms with E-state index >= 15 is 0 Å². The molecule has 0 unspecified atom stereocenters. The number of carbonyl (C=O) groups excluding carboxylic acids is 1. The van der Waals surface area contributed by atoms with Gasteiger partial charge in [-0.05, 0) is 29.8 Å². The highest BCUT2D eigenvalue weighted by Gasteiger charge is 2.18. The van der Waals surface area contributed by atoms with Gasteiger partial charge in [0, 0.05) is 79.3 Å². The van der Waals surface area contributed by atoms with Gasteiger partial charge in [-0.1, -0.05) is 31.2 Å². The summed E-state index contributed by atoms with van der Waals surface area (Å²) in [5.74, 6) is 2.91. The molecule has 2 aliphatic rings. The number of aromatic nitrogens is 1. The molecule has 0 saturated carbocycles. The number of halogens is 1. The van der Waals surface area contributed by atoms with Crippen LogP contribution >= 0.6 is 23.5 Å². The molecule has 2 aliphatic heterocycles. The van der Waals surface area contributed by atoms with E-state index in [9.17, 15) is 9.18 Å². The van der Waals surface area contributed by atoms with Crippen molar-refractivity contribution in [1.82, 2.24) is 20.1 Å². The second kappa shape index (κ2) is 11.9. The fraction of sp³-hybridized carbons (Fsp3) is 0.429. The Morgan fingerprint density at radius 3 is 2.61 bits per heavy atom. The molecular formula is C28H33FN4OS2. The summed E-state index contributed by atoms with van der Waals surface area (Å²) >= 11 is 4.01. The molecule has 3 aromatic rings. The van der Waals surface area contributed by atoms with Crippen molar-refractivity contribution in [1.29, 1.82) is 0 Å². The molecule has 1 N–H and O–H groups in total. The Bertz CT molecular complexity index is 1200. The highest BCUT2D eigenvalue weighted by molar-refractivity contribution is 8.00. The maximum Gasteiger partial charge on any atom is 0.252 e. The monoisotopic (exact) mass is 524 g/mol. The summed E-state index contributed by atoms with van der Waals surface area (Å²) in [5, 5.41) is 4.27. The number of hydrogen-bond acceptors (Lipinski definition) is 6. The lowest BCUT2D eigenvalue weighted by atomic mass is 10.0. The lowest BCUT2D eigenvalue weighted by Crippen LogP contribution is -2.39. The van der Waals surface area contributed by atoms with Crippen LogP contribution in [0.3, 0.4) is 0 Å². The maximum absolute atomic E-state index is 14.1. The summed E-state index contributed by atoms with van der Waals surface area (Å²) in [5.41, 5.74) is 4.03. The van der Waals surface area contributed by atoms with Crippen molar-refractivity contribution in [2.24, 2.45) is 0 Å². The Hall–Kier alpha value is -2.13. The molecular weight excluding hydrogens is 491 g/mol. The second-order valence-corrected chi connectivity index (χ2v) is 12.3. The zero-order chi connectivity index (χ0) is 24.9. The first kappa shape index (κ1) is 25.5. The van der Waals surface area contributed by atoms with Crippen LogP contribution in [0.1, 0.15) is 22.8 Å². The highest BCUT2D eigenvalue weighted by Crippen LogP contribution is 2.27. The van der Waals surface area contributed by atoms with Crippen LogP contribution in [0.15, 0.2) is 48.5 Å². The molecule has 190 valence electrons. The third kappa shape index (κ3) is 6.40. The second-order valence-electron chi connectivity index (χ2n) is 9.54. The topological polar surface area (TPSA) is 48.5 Å². The molecule has 0 bridgehead atoms. The molecule has 8 heteroatoms. The van der Waals surface area contributed by atoms with Crippen LogP contribution < -0.4 is 5.32 Å². The van der Waals surface area contributed by atoms with E-state index < -0.39 is 0 Å². The van der Waals surface area contributed by atoms with Crippen molar-refractivity contribution in [3.63, 3.8) is 0 Å². The van der Waals surface area contributed by atoms with Crippen molar-refractivity contribution in [2.75, 3.05) is 56.5 Å². The normalized spacial score (nSPS) is 19.4. The Morgan fingerprint density at radius 1 is 1.06 bits per heavy atom. The van der Waals surface area contributed by atoms with Crippen LogP contribution in [0.2, 0.25) is 0 Å². The SMILES string of the molecule is C[C@@H]1CN(Cc2ccc(-c3cc(C(=O)NCCN4CCSCC4)c4cc(F)ccc4n3)cc2)CCS1. The van der Waals surface area contributed by atoms with Gasteiger partial charge in [-0.2, -0.15) is 23.5 Å². The largest absolute Gasteiger partial charge is 0.351 e. The smallest absolute Gasteiger partial charge is 0.252 e. The fourth-order valence-electron chi connectivity index (χ4n) is 4.85. The van der Waals surface area contributed by atoms with Gasteiger partial charge in [0.15, 0.2) is 0 Å². The number of carbonyl (C=O) groups is 1. The molecule has 2 fully saturated rings. The van der Waals surface area contributed by atoms with Crippen molar-refractivity contribution in [3.8, 4) is 11.3 Å². The number of fused-ring (bicyclic) bond motifs is 1. The minimum absolute atomic E-state index is 0.186. The summed E-state index contributed by atoms with van der Waals surface area (Å²) in [4.78, 5) is 22.9. The number of rotatable bonds is 7. The van der Waals surface area contributed by atoms with E-state index in [0.717, 1.165) is 62.0 Å². The first-order chi connectivity index (χ1) is 17.5. The standard InChI is InChI=1S/C28H33FN4OS2/c1-20-18-33(12-15-36-20)19-21-2-4-22(5-3-21)27-17-25(24-16-23(29)6-7-26(24)31-27)28(34)30-8-9-32-10-13-35-14-11-32/h2-7,16-17,20H,8-15,18-19H2,1H3,(H,30,34)/t20-/m1/s1. The van der Waals surface area contributed by atoms with Crippen molar-refractivity contribution >= 4 is 40.3 Å². The number of amides is 1. The van der Waals surface area contributed by atoms with E-state index in [1.807, 2.05) is 23.5 Å². The summed E-state index contributed by atoms with van der Waals surface area (Å²) in [7, 11) is 0. The molecule has 0 aliphatic carbocycles. The van der Waals surface area contributed by atoms with E-state index in [-0.39, 0.29) is 11.7 Å². The molecule has 36 heavy (non-hydrogen) atoms. The summed E-state index contributed by atoms with van der Waals surface area (Å²) in [6, 6.07) is 14.7. The molecule has 1 atom stereocenters. The maximum atomic E-state index is 14.1. The minimum Gasteiger partial charge on any atom is -0.351 e. The molecule has 1 aromatic heterocycles. The third-order valence-corrected chi connectivity index (χ3v) is 8.89. The zero-order valence-electron chi connectivity index (χ0n) is 20.7. The molecule has 1 amide bonds. The Kier molecular flexibility index (Phi) is 8.47. The van der Waals surface area contributed by atoms with Crippen LogP contribution in [-0.2, 0) is 6.54 Å². The minimum atomic E-state index is -0.369. The van der Waals surface area contributed by atoms with Gasteiger partial charge in [-0.15, -0.1) is 0 Å². The van der Waals surface area contributed by atoms with Crippen LogP contribution in [0.25, 0.3) is 22.2 Å². The highest BCUT2D eigenvalue weighted by atomic mass is 32.2. The quantitative estimate of drug-likeness (QED) is 0.481. The van der Waals surface area contributed by atoms with Crippen LogP contribution in [-0.4, -0.2) is 82.5 Å². The first-order valence-electron chi connectivity index (χ1n) is 12.7. The van der Waals surface area contributed by atoms with Gasteiger partial charge in [-0.3, -0.25) is 14.6 Å². The Balaban J connectivity index is 1.34. The molecule has 0 spiro atoms. The van der Waals surface area contributed by atoms with E-state index in [4.69, 9.17) is 4.98 Å². The van der Waals surface area contributed by atoms with Crippen molar-refractivity contribution in [3.05, 3.63) is 65.5 Å². The third-order valence-electron chi connectivity index (χ3n) is 6.81. The van der Waals surface area contributed by atoms with E-state index in [0.29, 0.717) is 28.3 Å². The average Bonchev–Trinajstić information content (AvgIpc) is 2.89. The Labute approximate surface area is 221 Å². The number of pyridine rings is 1. The molecule has 0 radical (unpaired) electrons. The molecule has 2 saturated heterocycles. The summed E-state index contributed by atoms with van der Waals surface area (Å²) in [6.07, 6.45) is 0. The van der Waals surface area contributed by atoms with Crippen molar-refractivity contribution < 1.29 is 9.18 Å². The molecule has 3 heterocycles. The van der Waals surface area contributed by atoms with Gasteiger partial charge in [0.1, 0.15) is 5.82 Å². The number of thioether (sulfide) groups is 2. The van der Waals surface area contributed by atoms with Crippen molar-refractivity contribution in [2.45, 2.75) is 18.7 Å². The van der Waals surface area contributed by atoms with Gasteiger partial charge in [0.2, 0.25) is 0 Å². The van der Waals surface area contributed by atoms with E-state index in [2.05, 4.69) is 46.3 Å². The van der Waals surface area contributed by atoms with Gasteiger partial charge < -0.3 is 5.32 Å². The van der Waals surface area contributed by atoms with Gasteiger partial charge in [0.25, 0.3) is 5.91 Å². The number of hydrogen-bond donors (Lipinski definition) is 1. The van der Waals surface area contributed by atoms with E-state index in [1.54, 1.807) is 12.1 Å². The lowest BCUT2D eigenvalue weighted by molar-refractivity contribution is 0.0950. The van der Waals surface area contributed by atoms with Gasteiger partial charge >= 0.3 is 0 Å². The van der Waals surface area contributed by atoms with Crippen LogP contribution in [0.4, 0.5) is 4.39 Å². The fourth-order valence-corrected chi connectivity index (χ4v) is 6.92. The lowest BCUT2D eigenvalue weighted by Gasteiger charge is -2.30. The number of nitrogens with zero attached hydrogens (tertiary/aromatic N) is 3. The molecule has 5 rings (SSSR count). The first-order valence-corrected chi connectivity index (χ1v) is 14.9. The zero-order valence-corrected chi connectivity index (χ0v) is 22.3. The predicted molar refractivity (Wildman–Crippen MR) is 150 cm³/mol. The number of benzene rings is 2. The van der Waals surface area contributed by atoms with Gasteiger partial charge in [-0.25, -0.2) is 9.37 Å². The average molecular weight is 525 g/mol. The molecule has 5 nitrogen and oxygen atoms in total. The Morgan fingerprint density at radius 2 is 1.83 bits per heavy atom. The van der Waals surface area contributed by atoms with Gasteiger partial charge in [0.05, 0.1) is 16.8 Å². The summed E-state index contributed by atoms with van der Waals surface area (Å²) < 4.78 is 14.1. The molecule has 2 aromatic carbocycles.